The molecule has 0 aromatic heterocycles. The predicted octanol–water partition coefficient (Wildman–Crippen LogP) is 0.932. The van der Waals surface area contributed by atoms with Crippen molar-refractivity contribution in [3.63, 3.8) is 0 Å². The van der Waals surface area contributed by atoms with Crippen LogP contribution in [-0.4, -0.2) is 36.2 Å². The quantitative estimate of drug-likeness (QED) is 0.817. The van der Waals surface area contributed by atoms with E-state index in [0.717, 1.165) is 10.6 Å². The summed E-state index contributed by atoms with van der Waals surface area (Å²) in [4.78, 5) is 37.0. The summed E-state index contributed by atoms with van der Waals surface area (Å²) in [6, 6.07) is 7.53. The van der Waals surface area contributed by atoms with Gasteiger partial charge in [-0.05, 0) is 19.1 Å². The summed E-state index contributed by atoms with van der Waals surface area (Å²) in [6.45, 7) is 1.64. The van der Waals surface area contributed by atoms with Crippen LogP contribution in [0.15, 0.2) is 29.2 Å². The molecule has 2 amide bonds. The summed E-state index contributed by atoms with van der Waals surface area (Å²) in [6.07, 6.45) is -0.945. The Bertz CT molecular complexity index is 576. The number of primary amides is 1. The lowest BCUT2D eigenvalue weighted by Crippen LogP contribution is -2.38. The number of ether oxygens (including phenoxy) is 1. The van der Waals surface area contributed by atoms with Crippen molar-refractivity contribution in [1.82, 2.24) is 0 Å². The van der Waals surface area contributed by atoms with Gasteiger partial charge in [0, 0.05) is 11.4 Å². The summed E-state index contributed by atoms with van der Waals surface area (Å²) in [5.74, 6) is -0.942. The van der Waals surface area contributed by atoms with Crippen LogP contribution >= 0.6 is 11.8 Å². The van der Waals surface area contributed by atoms with E-state index in [4.69, 9.17) is 10.5 Å². The monoisotopic (exact) mass is 308 g/mol. The molecule has 7 heteroatoms. The second-order valence-electron chi connectivity index (χ2n) is 4.59. The van der Waals surface area contributed by atoms with Gasteiger partial charge >= 0.3 is 5.97 Å². The lowest BCUT2D eigenvalue weighted by molar-refractivity contribution is -0.153. The first-order chi connectivity index (χ1) is 9.99. The smallest absolute Gasteiger partial charge is 0.308 e. The maximum atomic E-state index is 12.0. The highest BCUT2D eigenvalue weighted by atomic mass is 32.2. The van der Waals surface area contributed by atoms with E-state index < -0.39 is 18.0 Å². The van der Waals surface area contributed by atoms with E-state index in [0.29, 0.717) is 5.75 Å². The molecule has 0 spiro atoms. The Kier molecular flexibility index (Phi) is 4.85. The average molecular weight is 308 g/mol. The molecular formula is C14H16N2O4S. The zero-order valence-electron chi connectivity index (χ0n) is 11.6. The van der Waals surface area contributed by atoms with Crippen molar-refractivity contribution in [1.29, 1.82) is 0 Å². The van der Waals surface area contributed by atoms with Gasteiger partial charge < -0.3 is 15.4 Å². The largest absolute Gasteiger partial charge is 0.453 e. The van der Waals surface area contributed by atoms with Gasteiger partial charge in [-0.3, -0.25) is 14.4 Å². The molecule has 1 aliphatic heterocycles. The summed E-state index contributed by atoms with van der Waals surface area (Å²) in [7, 11) is 0. The molecular weight excluding hydrogens is 292 g/mol. The van der Waals surface area contributed by atoms with Gasteiger partial charge in [-0.25, -0.2) is 0 Å². The molecule has 0 fully saturated rings. The zero-order chi connectivity index (χ0) is 15.4. The topological polar surface area (TPSA) is 89.7 Å². The number of anilines is 1. The van der Waals surface area contributed by atoms with E-state index in [1.165, 1.54) is 18.7 Å². The number of para-hydroxylation sites is 1. The highest BCUT2D eigenvalue weighted by Crippen LogP contribution is 2.34. The van der Waals surface area contributed by atoms with Crippen molar-refractivity contribution in [2.75, 3.05) is 17.2 Å². The number of rotatable bonds is 5. The number of hydrogen-bond acceptors (Lipinski definition) is 5. The highest BCUT2D eigenvalue weighted by Gasteiger charge is 2.25. The van der Waals surface area contributed by atoms with E-state index in [2.05, 4.69) is 0 Å². The molecule has 1 heterocycles. The van der Waals surface area contributed by atoms with Crippen LogP contribution in [0.2, 0.25) is 0 Å². The number of benzene rings is 1. The standard InChI is InChI=1S/C14H16N2O4S/c1-9(14(15)19)20-13(18)6-7-16-10-4-2-3-5-11(10)21-8-12(16)17/h2-5,9H,6-8H2,1H3,(H2,15,19)/t9-/m0/s1. The minimum absolute atomic E-state index is 0.0162. The molecule has 1 aromatic rings. The van der Waals surface area contributed by atoms with Crippen LogP contribution in [0.3, 0.4) is 0 Å². The fourth-order valence-electron chi connectivity index (χ4n) is 1.92. The number of esters is 1. The number of fused-ring (bicyclic) bond motifs is 1. The van der Waals surface area contributed by atoms with Crippen molar-refractivity contribution in [3.8, 4) is 0 Å². The summed E-state index contributed by atoms with van der Waals surface area (Å²) >= 11 is 1.48. The first kappa shape index (κ1) is 15.4. The lowest BCUT2D eigenvalue weighted by atomic mass is 10.2. The van der Waals surface area contributed by atoms with Gasteiger partial charge in [0.25, 0.3) is 5.91 Å². The van der Waals surface area contributed by atoms with Crippen LogP contribution in [0.25, 0.3) is 0 Å². The fraction of sp³-hybridized carbons (Fsp3) is 0.357. The summed E-state index contributed by atoms with van der Waals surface area (Å²) in [5.41, 5.74) is 5.83. The molecule has 1 atom stereocenters. The number of amides is 2. The zero-order valence-corrected chi connectivity index (χ0v) is 12.4. The number of hydrogen-bond donors (Lipinski definition) is 1. The Hall–Kier alpha value is -2.02. The van der Waals surface area contributed by atoms with E-state index in [9.17, 15) is 14.4 Å². The van der Waals surface area contributed by atoms with Crippen molar-refractivity contribution >= 4 is 35.2 Å². The third kappa shape index (κ3) is 3.75. The van der Waals surface area contributed by atoms with Gasteiger partial charge in [-0.15, -0.1) is 11.8 Å². The number of nitrogens with zero attached hydrogens (tertiary/aromatic N) is 1. The lowest BCUT2D eigenvalue weighted by Gasteiger charge is -2.28. The van der Waals surface area contributed by atoms with E-state index in [-0.39, 0.29) is 18.9 Å². The Balaban J connectivity index is 1.98. The molecule has 0 radical (unpaired) electrons. The first-order valence-corrected chi connectivity index (χ1v) is 7.48. The number of nitrogens with two attached hydrogens (primary N) is 1. The molecule has 21 heavy (non-hydrogen) atoms. The molecule has 112 valence electrons. The van der Waals surface area contributed by atoms with E-state index >= 15 is 0 Å². The molecule has 1 aliphatic rings. The highest BCUT2D eigenvalue weighted by molar-refractivity contribution is 8.00. The summed E-state index contributed by atoms with van der Waals surface area (Å²) in [5, 5.41) is 0. The minimum Gasteiger partial charge on any atom is -0.453 e. The maximum absolute atomic E-state index is 12.0. The Morgan fingerprint density at radius 2 is 2.14 bits per heavy atom. The normalized spacial score (nSPS) is 15.3. The summed E-state index contributed by atoms with van der Waals surface area (Å²) < 4.78 is 4.87. The Morgan fingerprint density at radius 1 is 1.43 bits per heavy atom. The Labute approximate surface area is 126 Å². The van der Waals surface area contributed by atoms with Crippen molar-refractivity contribution < 1.29 is 19.1 Å². The van der Waals surface area contributed by atoms with Gasteiger partial charge in [-0.1, -0.05) is 12.1 Å². The molecule has 0 unspecified atom stereocenters. The predicted molar refractivity (Wildman–Crippen MR) is 78.9 cm³/mol. The van der Waals surface area contributed by atoms with Crippen LogP contribution < -0.4 is 10.6 Å². The van der Waals surface area contributed by atoms with Gasteiger partial charge in [-0.2, -0.15) is 0 Å². The Morgan fingerprint density at radius 3 is 2.86 bits per heavy atom. The van der Waals surface area contributed by atoms with Gasteiger partial charge in [0.05, 0.1) is 17.9 Å². The first-order valence-electron chi connectivity index (χ1n) is 6.50. The van der Waals surface area contributed by atoms with Gasteiger partial charge in [0.1, 0.15) is 0 Å². The third-order valence-corrected chi connectivity index (χ3v) is 4.10. The van der Waals surface area contributed by atoms with Crippen LogP contribution in [0, 0.1) is 0 Å². The van der Waals surface area contributed by atoms with E-state index in [1.54, 1.807) is 4.90 Å². The molecule has 2 rings (SSSR count). The molecule has 0 bridgehead atoms. The number of carbonyl (C=O) groups is 3. The van der Waals surface area contributed by atoms with Crippen LogP contribution in [0.4, 0.5) is 5.69 Å². The minimum atomic E-state index is -0.961. The molecule has 1 aromatic carbocycles. The van der Waals surface area contributed by atoms with Gasteiger partial charge in [0.15, 0.2) is 6.10 Å². The van der Waals surface area contributed by atoms with Crippen LogP contribution in [0.1, 0.15) is 13.3 Å². The SMILES string of the molecule is C[C@H](OC(=O)CCN1C(=O)CSc2ccccc21)C(N)=O. The second kappa shape index (κ2) is 6.62. The van der Waals surface area contributed by atoms with E-state index in [1.807, 2.05) is 24.3 Å². The second-order valence-corrected chi connectivity index (χ2v) is 5.60. The molecule has 6 nitrogen and oxygen atoms in total. The molecule has 0 saturated heterocycles. The molecule has 2 N–H and O–H groups in total. The van der Waals surface area contributed by atoms with Crippen LogP contribution in [0.5, 0.6) is 0 Å². The average Bonchev–Trinajstić information content (AvgIpc) is 2.46. The number of thioether (sulfide) groups is 1. The molecule has 0 saturated carbocycles. The van der Waals surface area contributed by atoms with Crippen molar-refractivity contribution in [2.24, 2.45) is 5.73 Å². The van der Waals surface area contributed by atoms with Gasteiger partial charge in [0.2, 0.25) is 5.91 Å². The third-order valence-electron chi connectivity index (χ3n) is 3.06. The van der Waals surface area contributed by atoms with Crippen molar-refractivity contribution in [3.05, 3.63) is 24.3 Å². The fourth-order valence-corrected chi connectivity index (χ4v) is 2.85. The van der Waals surface area contributed by atoms with Crippen molar-refractivity contribution in [2.45, 2.75) is 24.3 Å². The maximum Gasteiger partial charge on any atom is 0.308 e. The number of carbonyl (C=O) groups excluding carboxylic acids is 3. The molecule has 0 aliphatic carbocycles. The van der Waals surface area contributed by atoms with Crippen LogP contribution in [-0.2, 0) is 19.1 Å².